The summed E-state index contributed by atoms with van der Waals surface area (Å²) in [5.41, 5.74) is 2.45. The summed E-state index contributed by atoms with van der Waals surface area (Å²) < 4.78 is 55.1. The van der Waals surface area contributed by atoms with Crippen LogP contribution >= 0.6 is 0 Å². The van der Waals surface area contributed by atoms with Crippen molar-refractivity contribution < 1.29 is 16.8 Å². The molecule has 1 aromatic heterocycles. The number of hydrogen-bond acceptors (Lipinski definition) is 8. The van der Waals surface area contributed by atoms with Crippen LogP contribution in [0.1, 0.15) is 0 Å². The Balaban J connectivity index is 1.42. The van der Waals surface area contributed by atoms with Gasteiger partial charge >= 0.3 is 0 Å². The molecule has 4 rings (SSSR count). The minimum Gasteiger partial charge on any atom is -0.324 e. The van der Waals surface area contributed by atoms with E-state index in [-0.39, 0.29) is 9.79 Å². The van der Waals surface area contributed by atoms with Crippen molar-refractivity contribution in [3.05, 3.63) is 91.1 Å². The standard InChI is InChI=1S/C26H28N6O4S2/c1-32(2)19-18-28-37(33,34)24-14-12-21(13-15-24)29-26-27-17-16-25(30-26)20-8-10-22(11-9-20)31-38(35,36)23-6-4-3-5-7-23/h3-17,28,31H,18-19H2,1-2H3,(H,27,29,30). The number of likely N-dealkylation sites (N-methyl/N-ethyl adjacent to an activating group) is 1. The minimum atomic E-state index is -3.68. The SMILES string of the molecule is CN(C)CCNS(=O)(=O)c1ccc(Nc2nccc(-c3ccc(NS(=O)(=O)c4ccccc4)cc3)n2)cc1. The van der Waals surface area contributed by atoms with E-state index in [1.807, 2.05) is 19.0 Å². The molecule has 38 heavy (non-hydrogen) atoms. The number of nitrogens with one attached hydrogen (secondary N) is 3. The van der Waals surface area contributed by atoms with Crippen molar-refractivity contribution in [1.29, 1.82) is 0 Å². The number of rotatable bonds is 11. The predicted octanol–water partition coefficient (Wildman–Crippen LogP) is 3.53. The third kappa shape index (κ3) is 7.13. The highest BCUT2D eigenvalue weighted by molar-refractivity contribution is 7.92. The molecule has 1 heterocycles. The molecule has 0 unspecified atom stereocenters. The Hall–Kier alpha value is -3.84. The summed E-state index contributed by atoms with van der Waals surface area (Å²) in [5.74, 6) is 0.330. The molecule has 0 aliphatic carbocycles. The lowest BCUT2D eigenvalue weighted by Gasteiger charge is -2.12. The second kappa shape index (κ2) is 11.7. The topological polar surface area (TPSA) is 133 Å². The molecule has 0 spiro atoms. The molecule has 198 valence electrons. The van der Waals surface area contributed by atoms with Crippen molar-refractivity contribution >= 4 is 37.4 Å². The molecule has 0 aliphatic rings. The Kier molecular flexibility index (Phi) is 8.37. The highest BCUT2D eigenvalue weighted by Gasteiger charge is 2.15. The Morgan fingerprint density at radius 3 is 2.03 bits per heavy atom. The van der Waals surface area contributed by atoms with E-state index in [0.29, 0.717) is 36.1 Å². The van der Waals surface area contributed by atoms with Gasteiger partial charge in [0.1, 0.15) is 0 Å². The summed E-state index contributed by atoms with van der Waals surface area (Å²) in [6, 6.07) is 23.0. The fourth-order valence-corrected chi connectivity index (χ4v) is 5.54. The molecule has 4 aromatic rings. The van der Waals surface area contributed by atoms with Crippen LogP contribution in [0.2, 0.25) is 0 Å². The summed E-state index contributed by atoms with van der Waals surface area (Å²) >= 11 is 0. The van der Waals surface area contributed by atoms with Crippen LogP contribution in [0.25, 0.3) is 11.3 Å². The quantitative estimate of drug-likeness (QED) is 0.257. The van der Waals surface area contributed by atoms with E-state index >= 15 is 0 Å². The van der Waals surface area contributed by atoms with E-state index < -0.39 is 20.0 Å². The van der Waals surface area contributed by atoms with E-state index in [1.54, 1.807) is 66.9 Å². The average molecular weight is 553 g/mol. The van der Waals surface area contributed by atoms with Crippen molar-refractivity contribution in [2.75, 3.05) is 37.2 Å². The molecule has 0 aliphatic heterocycles. The fourth-order valence-electron chi connectivity index (χ4n) is 3.44. The number of benzene rings is 3. The van der Waals surface area contributed by atoms with Crippen LogP contribution in [0.4, 0.5) is 17.3 Å². The maximum atomic E-state index is 12.5. The van der Waals surface area contributed by atoms with Gasteiger partial charge in [0.15, 0.2) is 0 Å². The molecule has 3 N–H and O–H groups in total. The third-order valence-corrected chi connectivity index (χ3v) is 8.29. The predicted molar refractivity (Wildman–Crippen MR) is 148 cm³/mol. The third-order valence-electron chi connectivity index (χ3n) is 5.41. The Morgan fingerprint density at radius 2 is 1.37 bits per heavy atom. The van der Waals surface area contributed by atoms with Crippen LogP contribution in [0.3, 0.4) is 0 Å². The normalized spacial score (nSPS) is 11.9. The smallest absolute Gasteiger partial charge is 0.261 e. The molecule has 10 nitrogen and oxygen atoms in total. The van der Waals surface area contributed by atoms with Crippen LogP contribution in [0.5, 0.6) is 0 Å². The number of hydrogen-bond donors (Lipinski definition) is 3. The Morgan fingerprint density at radius 1 is 0.737 bits per heavy atom. The van der Waals surface area contributed by atoms with Crippen LogP contribution in [-0.2, 0) is 20.0 Å². The van der Waals surface area contributed by atoms with Crippen molar-refractivity contribution in [3.8, 4) is 11.3 Å². The van der Waals surface area contributed by atoms with Gasteiger partial charge in [-0.05, 0) is 68.7 Å². The molecular weight excluding hydrogens is 524 g/mol. The highest BCUT2D eigenvalue weighted by Crippen LogP contribution is 2.23. The summed E-state index contributed by atoms with van der Waals surface area (Å²) in [6.07, 6.45) is 1.60. The molecule has 0 fully saturated rings. The maximum Gasteiger partial charge on any atom is 0.261 e. The van der Waals surface area contributed by atoms with Gasteiger partial charge < -0.3 is 10.2 Å². The van der Waals surface area contributed by atoms with E-state index in [1.165, 1.54) is 24.3 Å². The Labute approximate surface area is 222 Å². The summed E-state index contributed by atoms with van der Waals surface area (Å²) in [7, 11) is -3.53. The zero-order valence-electron chi connectivity index (χ0n) is 20.9. The second-order valence-corrected chi connectivity index (χ2v) is 12.1. The molecule has 0 atom stereocenters. The van der Waals surface area contributed by atoms with Gasteiger partial charge in [-0.1, -0.05) is 30.3 Å². The molecule has 0 saturated heterocycles. The molecule has 0 bridgehead atoms. The fraction of sp³-hybridized carbons (Fsp3) is 0.154. The van der Waals surface area contributed by atoms with Crippen LogP contribution < -0.4 is 14.8 Å². The van der Waals surface area contributed by atoms with Crippen molar-refractivity contribution in [2.45, 2.75) is 9.79 Å². The molecular formula is C26H28N6O4S2. The lowest BCUT2D eigenvalue weighted by molar-refractivity contribution is 0.412. The zero-order chi connectivity index (χ0) is 27.2. The van der Waals surface area contributed by atoms with E-state index in [0.717, 1.165) is 5.56 Å². The first-order valence-corrected chi connectivity index (χ1v) is 14.6. The first-order valence-electron chi connectivity index (χ1n) is 11.7. The van der Waals surface area contributed by atoms with Gasteiger partial charge in [0.25, 0.3) is 10.0 Å². The van der Waals surface area contributed by atoms with Crippen LogP contribution in [-0.4, -0.2) is 58.9 Å². The zero-order valence-corrected chi connectivity index (χ0v) is 22.5. The number of sulfonamides is 2. The molecule has 0 amide bonds. The molecule has 0 saturated carbocycles. The molecule has 3 aromatic carbocycles. The second-order valence-electron chi connectivity index (χ2n) is 8.61. The van der Waals surface area contributed by atoms with Gasteiger partial charge in [0.2, 0.25) is 16.0 Å². The lowest BCUT2D eigenvalue weighted by atomic mass is 10.1. The van der Waals surface area contributed by atoms with Gasteiger partial charge in [0.05, 0.1) is 15.5 Å². The van der Waals surface area contributed by atoms with Gasteiger partial charge in [-0.15, -0.1) is 0 Å². The van der Waals surface area contributed by atoms with Gasteiger partial charge in [0, 0.05) is 36.2 Å². The largest absolute Gasteiger partial charge is 0.324 e. The average Bonchev–Trinajstić information content (AvgIpc) is 2.90. The monoisotopic (exact) mass is 552 g/mol. The number of nitrogens with zero attached hydrogens (tertiary/aromatic N) is 3. The molecule has 0 radical (unpaired) electrons. The highest BCUT2D eigenvalue weighted by atomic mass is 32.2. The van der Waals surface area contributed by atoms with Gasteiger partial charge in [-0.2, -0.15) is 0 Å². The maximum absolute atomic E-state index is 12.5. The summed E-state index contributed by atoms with van der Waals surface area (Å²) in [6.45, 7) is 0.911. The van der Waals surface area contributed by atoms with E-state index in [9.17, 15) is 16.8 Å². The number of aromatic nitrogens is 2. The van der Waals surface area contributed by atoms with Crippen LogP contribution in [0, 0.1) is 0 Å². The number of anilines is 3. The van der Waals surface area contributed by atoms with E-state index in [2.05, 4.69) is 24.7 Å². The van der Waals surface area contributed by atoms with Crippen molar-refractivity contribution in [3.63, 3.8) is 0 Å². The first-order chi connectivity index (χ1) is 18.1. The minimum absolute atomic E-state index is 0.166. The van der Waals surface area contributed by atoms with Gasteiger partial charge in [-0.25, -0.2) is 31.5 Å². The van der Waals surface area contributed by atoms with E-state index in [4.69, 9.17) is 0 Å². The van der Waals surface area contributed by atoms with Crippen LogP contribution in [0.15, 0.2) is 101 Å². The summed E-state index contributed by atoms with van der Waals surface area (Å²) in [5, 5.41) is 3.08. The first kappa shape index (κ1) is 27.2. The lowest BCUT2D eigenvalue weighted by Crippen LogP contribution is -2.31. The molecule has 12 heteroatoms. The summed E-state index contributed by atoms with van der Waals surface area (Å²) in [4.78, 5) is 11.0. The van der Waals surface area contributed by atoms with Crippen molar-refractivity contribution in [1.82, 2.24) is 19.6 Å². The Bertz CT molecular complexity index is 1580. The van der Waals surface area contributed by atoms with Crippen molar-refractivity contribution in [2.24, 2.45) is 0 Å². The van der Waals surface area contributed by atoms with Gasteiger partial charge in [-0.3, -0.25) is 4.72 Å².